The summed E-state index contributed by atoms with van der Waals surface area (Å²) in [5.41, 5.74) is 0.892. The first kappa shape index (κ1) is 11.8. The number of halogens is 3. The first-order chi connectivity index (χ1) is 7.65. The van der Waals surface area contributed by atoms with E-state index in [1.165, 1.54) is 12.1 Å². The zero-order valence-corrected chi connectivity index (χ0v) is 11.4. The molecule has 0 spiro atoms. The van der Waals surface area contributed by atoms with Crippen LogP contribution in [0.5, 0.6) is 0 Å². The van der Waals surface area contributed by atoms with E-state index in [4.69, 9.17) is 0 Å². The van der Waals surface area contributed by atoms with E-state index < -0.39 is 0 Å². The topological polar surface area (TPSA) is 28.7 Å². The summed E-state index contributed by atoms with van der Waals surface area (Å²) < 4.78 is 13.9. The third-order valence-corrected chi connectivity index (χ3v) is 3.48. The molecule has 5 heteroatoms. The third kappa shape index (κ3) is 2.92. The molecule has 0 amide bonds. The monoisotopic (exact) mass is 346 g/mol. The van der Waals surface area contributed by atoms with Crippen LogP contribution in [0, 0.1) is 5.82 Å². The van der Waals surface area contributed by atoms with Gasteiger partial charge in [0.1, 0.15) is 11.6 Å². The third-order valence-electron chi connectivity index (χ3n) is 2.17. The van der Waals surface area contributed by atoms with Gasteiger partial charge in [0.25, 0.3) is 0 Å². The summed E-state index contributed by atoms with van der Waals surface area (Å²) in [5.74, 6) is 0.635. The number of H-pyrrole nitrogens is 1. The molecule has 0 aliphatic carbocycles. The van der Waals surface area contributed by atoms with Crippen molar-refractivity contribution >= 4 is 31.9 Å². The number of aromatic nitrogens is 2. The number of aromatic amines is 1. The lowest BCUT2D eigenvalue weighted by atomic mass is 10.1. The van der Waals surface area contributed by atoms with E-state index in [2.05, 4.69) is 41.8 Å². The van der Waals surface area contributed by atoms with Gasteiger partial charge in [0.2, 0.25) is 0 Å². The fourth-order valence-electron chi connectivity index (χ4n) is 1.45. The fraction of sp³-hybridized carbons (Fsp3) is 0.182. The van der Waals surface area contributed by atoms with Crippen molar-refractivity contribution in [1.82, 2.24) is 9.97 Å². The van der Waals surface area contributed by atoms with Gasteiger partial charge in [-0.2, -0.15) is 0 Å². The lowest BCUT2D eigenvalue weighted by molar-refractivity contribution is 0.624. The zero-order valence-electron chi connectivity index (χ0n) is 8.25. The van der Waals surface area contributed by atoms with Crippen LogP contribution in [0.1, 0.15) is 16.2 Å². The number of alkyl halides is 1. The van der Waals surface area contributed by atoms with Crippen LogP contribution in [0.25, 0.3) is 0 Å². The molecule has 1 aromatic carbocycles. The molecule has 1 atom stereocenters. The van der Waals surface area contributed by atoms with Gasteiger partial charge in [0, 0.05) is 28.1 Å². The molecule has 0 radical (unpaired) electrons. The molecular formula is C11H9Br2FN2. The van der Waals surface area contributed by atoms with Crippen molar-refractivity contribution in [2.75, 3.05) is 0 Å². The lowest BCUT2D eigenvalue weighted by Crippen LogP contribution is -1.98. The molecule has 2 nitrogen and oxygen atoms in total. The summed E-state index contributed by atoms with van der Waals surface area (Å²) in [6.07, 6.45) is 4.18. The van der Waals surface area contributed by atoms with Gasteiger partial charge < -0.3 is 4.98 Å². The molecule has 84 valence electrons. The van der Waals surface area contributed by atoms with E-state index in [0.717, 1.165) is 15.9 Å². The Labute approximate surface area is 110 Å². The maximum atomic E-state index is 13.2. The van der Waals surface area contributed by atoms with Crippen LogP contribution >= 0.6 is 31.9 Å². The van der Waals surface area contributed by atoms with Gasteiger partial charge in [-0.25, -0.2) is 9.37 Å². The van der Waals surface area contributed by atoms with Gasteiger partial charge >= 0.3 is 0 Å². The van der Waals surface area contributed by atoms with Crippen LogP contribution in [0.15, 0.2) is 35.1 Å². The molecule has 0 aliphatic heterocycles. The number of hydrogen-bond acceptors (Lipinski definition) is 1. The van der Waals surface area contributed by atoms with Crippen molar-refractivity contribution in [3.05, 3.63) is 52.3 Å². The number of benzene rings is 1. The van der Waals surface area contributed by atoms with Crippen molar-refractivity contribution in [3.8, 4) is 0 Å². The van der Waals surface area contributed by atoms with Crippen molar-refractivity contribution in [3.63, 3.8) is 0 Å². The molecule has 16 heavy (non-hydrogen) atoms. The van der Waals surface area contributed by atoms with Crippen LogP contribution in [0.2, 0.25) is 0 Å². The number of nitrogens with zero attached hydrogens (tertiary/aromatic N) is 1. The largest absolute Gasteiger partial charge is 0.349 e. The highest BCUT2D eigenvalue weighted by Gasteiger charge is 2.11. The molecule has 0 bridgehead atoms. The van der Waals surface area contributed by atoms with Crippen molar-refractivity contribution in [2.24, 2.45) is 0 Å². The quantitative estimate of drug-likeness (QED) is 0.835. The molecule has 2 aromatic rings. The summed E-state index contributed by atoms with van der Waals surface area (Å²) in [6.45, 7) is 0. The summed E-state index contributed by atoms with van der Waals surface area (Å²) in [5, 5.41) is 0. The fourth-order valence-corrected chi connectivity index (χ4v) is 2.51. The highest BCUT2D eigenvalue weighted by Crippen LogP contribution is 2.28. The molecule has 1 aromatic heterocycles. The van der Waals surface area contributed by atoms with Crippen molar-refractivity contribution in [2.45, 2.75) is 11.2 Å². The van der Waals surface area contributed by atoms with Crippen LogP contribution in [-0.2, 0) is 6.42 Å². The minimum Gasteiger partial charge on any atom is -0.349 e. The Morgan fingerprint density at radius 3 is 2.81 bits per heavy atom. The maximum absolute atomic E-state index is 13.2. The van der Waals surface area contributed by atoms with E-state index in [9.17, 15) is 4.39 Å². The van der Waals surface area contributed by atoms with E-state index in [0.29, 0.717) is 6.42 Å². The number of nitrogens with one attached hydrogen (secondary N) is 1. The van der Waals surface area contributed by atoms with E-state index in [-0.39, 0.29) is 10.6 Å². The molecule has 1 unspecified atom stereocenters. The van der Waals surface area contributed by atoms with E-state index in [1.54, 1.807) is 12.4 Å². The average Bonchev–Trinajstić information content (AvgIpc) is 2.68. The van der Waals surface area contributed by atoms with Gasteiger partial charge in [-0.05, 0) is 23.8 Å². The Hall–Kier alpha value is -0.680. The predicted octanol–water partition coefficient (Wildman–Crippen LogP) is 3.99. The summed E-state index contributed by atoms with van der Waals surface area (Å²) in [4.78, 5) is 7.20. The SMILES string of the molecule is Fc1cc(Br)cc(C(Br)Cc2ncc[nH]2)c1. The Morgan fingerprint density at radius 2 is 2.19 bits per heavy atom. The predicted molar refractivity (Wildman–Crippen MR) is 68.1 cm³/mol. The van der Waals surface area contributed by atoms with Gasteiger partial charge in [0.05, 0.1) is 0 Å². The molecular weight excluding hydrogens is 339 g/mol. The second-order valence-corrected chi connectivity index (χ2v) is 5.43. The number of rotatable bonds is 3. The minimum absolute atomic E-state index is 0.0469. The second-order valence-electron chi connectivity index (χ2n) is 3.41. The van der Waals surface area contributed by atoms with Gasteiger partial charge in [-0.15, -0.1) is 0 Å². The van der Waals surface area contributed by atoms with Crippen molar-refractivity contribution in [1.29, 1.82) is 0 Å². The Morgan fingerprint density at radius 1 is 1.38 bits per heavy atom. The highest BCUT2D eigenvalue weighted by atomic mass is 79.9. The molecule has 0 saturated carbocycles. The average molecular weight is 348 g/mol. The van der Waals surface area contributed by atoms with E-state index >= 15 is 0 Å². The molecule has 2 rings (SSSR count). The number of imidazole rings is 1. The lowest BCUT2D eigenvalue weighted by Gasteiger charge is -2.09. The van der Waals surface area contributed by atoms with Gasteiger partial charge in [0.15, 0.2) is 0 Å². The van der Waals surface area contributed by atoms with Crippen LogP contribution in [0.3, 0.4) is 0 Å². The first-order valence-corrected chi connectivity index (χ1v) is 6.44. The van der Waals surface area contributed by atoms with Crippen LogP contribution < -0.4 is 0 Å². The van der Waals surface area contributed by atoms with Crippen LogP contribution in [0.4, 0.5) is 4.39 Å². The maximum Gasteiger partial charge on any atom is 0.124 e. The first-order valence-electron chi connectivity index (χ1n) is 4.73. The molecule has 1 N–H and O–H groups in total. The molecule has 0 aliphatic rings. The van der Waals surface area contributed by atoms with Gasteiger partial charge in [-0.1, -0.05) is 31.9 Å². The molecule has 1 heterocycles. The Balaban J connectivity index is 2.17. The Bertz CT molecular complexity index is 451. The Kier molecular flexibility index (Phi) is 3.76. The van der Waals surface area contributed by atoms with Crippen molar-refractivity contribution < 1.29 is 4.39 Å². The zero-order chi connectivity index (χ0) is 11.5. The molecule has 0 fully saturated rings. The van der Waals surface area contributed by atoms with Crippen LogP contribution in [-0.4, -0.2) is 9.97 Å². The molecule has 0 saturated heterocycles. The standard InChI is InChI=1S/C11H9Br2FN2/c12-8-3-7(4-9(14)5-8)10(13)6-11-15-1-2-16-11/h1-5,10H,6H2,(H,15,16). The summed E-state index contributed by atoms with van der Waals surface area (Å²) >= 11 is 6.80. The minimum atomic E-state index is -0.242. The van der Waals surface area contributed by atoms with E-state index in [1.807, 2.05) is 6.07 Å². The normalized spacial score (nSPS) is 12.7. The smallest absolute Gasteiger partial charge is 0.124 e. The number of hydrogen-bond donors (Lipinski definition) is 1. The second kappa shape index (κ2) is 5.10. The highest BCUT2D eigenvalue weighted by molar-refractivity contribution is 9.10. The summed E-state index contributed by atoms with van der Waals surface area (Å²) in [7, 11) is 0. The summed E-state index contributed by atoms with van der Waals surface area (Å²) in [6, 6.07) is 4.86. The van der Waals surface area contributed by atoms with Gasteiger partial charge in [-0.3, -0.25) is 0 Å².